The van der Waals surface area contributed by atoms with Crippen LogP contribution in [0, 0.1) is 11.7 Å². The molecule has 2 aromatic carbocycles. The second-order valence-corrected chi connectivity index (χ2v) is 12.5. The van der Waals surface area contributed by atoms with Crippen LogP contribution in [-0.2, 0) is 24.4 Å². The Balaban J connectivity index is 0.991. The molecule has 11 heteroatoms. The maximum atomic E-state index is 14.9. The number of carboxylic acid groups (broad SMARTS) is 1. The predicted molar refractivity (Wildman–Crippen MR) is 167 cm³/mol. The number of hydrogen-bond donors (Lipinski definition) is 1. The molecule has 2 aliphatic heterocycles. The van der Waals surface area contributed by atoms with Crippen molar-refractivity contribution in [1.29, 1.82) is 0 Å². The number of rotatable bonds is 12. The number of carbonyl (C=O) groups excluding carboxylic acids is 1. The minimum atomic E-state index is -0.955. The number of pyridine rings is 1. The Morgan fingerprint density at radius 3 is 2.54 bits per heavy atom. The van der Waals surface area contributed by atoms with Crippen LogP contribution < -0.4 is 9.47 Å². The Hall–Kier alpha value is -4.35. The summed E-state index contributed by atoms with van der Waals surface area (Å²) >= 11 is 0. The highest BCUT2D eigenvalue weighted by Gasteiger charge is 2.33. The van der Waals surface area contributed by atoms with Crippen molar-refractivity contribution in [1.82, 2.24) is 19.4 Å². The SMILES string of the molecule is COc1cc(COc2cccc(C3CCN(Cc4nc5ccc(C(=O)O)cc5n4C[C@@H]4CCO4)CC3)n2)c(F)cc1C(=O)C1CC1. The van der Waals surface area contributed by atoms with Crippen LogP contribution in [0.3, 0.4) is 0 Å². The van der Waals surface area contributed by atoms with Crippen LogP contribution in [-0.4, -0.2) is 69.2 Å². The number of Topliss-reactive ketones (excluding diaryl/α,β-unsaturated/α-hetero) is 1. The summed E-state index contributed by atoms with van der Waals surface area (Å²) in [5.41, 5.74) is 3.39. The van der Waals surface area contributed by atoms with Crippen LogP contribution in [0.4, 0.5) is 4.39 Å². The molecule has 10 nitrogen and oxygen atoms in total. The summed E-state index contributed by atoms with van der Waals surface area (Å²) in [4.78, 5) is 36.2. The number of ether oxygens (including phenoxy) is 3. The lowest BCUT2D eigenvalue weighted by molar-refractivity contribution is -0.0592. The lowest BCUT2D eigenvalue weighted by Crippen LogP contribution is -2.35. The van der Waals surface area contributed by atoms with Crippen LogP contribution in [0.5, 0.6) is 11.6 Å². The summed E-state index contributed by atoms with van der Waals surface area (Å²) in [6.07, 6.45) is 4.60. The monoisotopic (exact) mass is 628 g/mol. The number of fused-ring (bicyclic) bond motifs is 1. The molecule has 240 valence electrons. The van der Waals surface area contributed by atoms with E-state index >= 15 is 0 Å². The van der Waals surface area contributed by atoms with Crippen molar-refractivity contribution in [2.45, 2.75) is 63.8 Å². The topological polar surface area (TPSA) is 116 Å². The zero-order valence-electron chi connectivity index (χ0n) is 25.8. The lowest BCUT2D eigenvalue weighted by Gasteiger charge is -2.32. The van der Waals surface area contributed by atoms with Crippen molar-refractivity contribution in [3.63, 3.8) is 0 Å². The minimum absolute atomic E-state index is 0.0291. The van der Waals surface area contributed by atoms with E-state index in [9.17, 15) is 19.1 Å². The van der Waals surface area contributed by atoms with Gasteiger partial charge in [-0.05, 0) is 81.6 Å². The summed E-state index contributed by atoms with van der Waals surface area (Å²) in [6.45, 7) is 3.75. The van der Waals surface area contributed by atoms with Crippen LogP contribution in [0.15, 0.2) is 48.5 Å². The number of ketones is 1. The van der Waals surface area contributed by atoms with E-state index in [2.05, 4.69) is 9.47 Å². The molecule has 2 aromatic heterocycles. The first-order valence-electron chi connectivity index (χ1n) is 15.9. The van der Waals surface area contributed by atoms with E-state index in [0.717, 1.165) is 74.4 Å². The second-order valence-electron chi connectivity index (χ2n) is 12.5. The van der Waals surface area contributed by atoms with Crippen molar-refractivity contribution in [3.8, 4) is 11.6 Å². The van der Waals surface area contributed by atoms with E-state index in [0.29, 0.717) is 30.3 Å². The van der Waals surface area contributed by atoms with Crippen LogP contribution >= 0.6 is 0 Å². The number of imidazole rings is 1. The van der Waals surface area contributed by atoms with E-state index in [4.69, 9.17) is 24.2 Å². The number of likely N-dealkylation sites (tertiary alicyclic amines) is 1. The quantitative estimate of drug-likeness (QED) is 0.200. The molecule has 1 atom stereocenters. The first kappa shape index (κ1) is 30.3. The van der Waals surface area contributed by atoms with E-state index < -0.39 is 11.8 Å². The number of carboxylic acids is 1. The lowest BCUT2D eigenvalue weighted by atomic mass is 9.93. The van der Waals surface area contributed by atoms with Gasteiger partial charge >= 0.3 is 5.97 Å². The molecule has 1 N–H and O–H groups in total. The van der Waals surface area contributed by atoms with Crippen LogP contribution in [0.25, 0.3) is 11.0 Å². The zero-order valence-corrected chi connectivity index (χ0v) is 25.8. The van der Waals surface area contributed by atoms with Crippen molar-refractivity contribution in [3.05, 3.63) is 82.6 Å². The zero-order chi connectivity index (χ0) is 31.8. The van der Waals surface area contributed by atoms with Gasteiger partial charge in [0.25, 0.3) is 0 Å². The number of piperidine rings is 1. The molecule has 0 unspecified atom stereocenters. The van der Waals surface area contributed by atoms with E-state index in [1.807, 2.05) is 12.1 Å². The van der Waals surface area contributed by atoms with Gasteiger partial charge in [-0.3, -0.25) is 9.69 Å². The van der Waals surface area contributed by atoms with Crippen LogP contribution in [0.1, 0.15) is 75.8 Å². The van der Waals surface area contributed by atoms with Gasteiger partial charge in [0, 0.05) is 35.8 Å². The van der Waals surface area contributed by atoms with Gasteiger partial charge in [-0.1, -0.05) is 6.07 Å². The average Bonchev–Trinajstić information content (AvgIpc) is 3.84. The molecule has 3 aliphatic rings. The number of methoxy groups -OCH3 is 1. The van der Waals surface area contributed by atoms with Crippen molar-refractivity contribution < 1.29 is 33.3 Å². The number of hydrogen-bond acceptors (Lipinski definition) is 8. The standard InChI is InChI=1S/C35H37FN4O6/c1-44-31-16-24(27(36)17-26(31)34(41)22-5-6-22)20-46-33-4-2-3-28(38-33)21-9-12-39(13-10-21)19-32-37-29-8-7-23(35(42)43)15-30(29)40(32)18-25-11-14-45-25/h2-4,7-8,15-17,21-22,25H,5-6,9-14,18-20H2,1H3,(H,42,43)/t25-/m0/s1. The van der Waals surface area contributed by atoms with E-state index in [1.165, 1.54) is 13.2 Å². The molecule has 4 aromatic rings. The van der Waals surface area contributed by atoms with Crippen molar-refractivity contribution >= 4 is 22.8 Å². The van der Waals surface area contributed by atoms with Gasteiger partial charge in [-0.15, -0.1) is 0 Å². The van der Waals surface area contributed by atoms with Gasteiger partial charge in [0.05, 0.1) is 48.5 Å². The first-order chi connectivity index (χ1) is 22.4. The minimum Gasteiger partial charge on any atom is -0.496 e. The maximum Gasteiger partial charge on any atom is 0.335 e. The first-order valence-corrected chi connectivity index (χ1v) is 15.9. The van der Waals surface area contributed by atoms with E-state index in [-0.39, 0.29) is 41.5 Å². The van der Waals surface area contributed by atoms with Gasteiger partial charge in [-0.2, -0.15) is 0 Å². The molecule has 0 spiro atoms. The third-order valence-corrected chi connectivity index (χ3v) is 9.33. The molecule has 0 amide bonds. The fourth-order valence-electron chi connectivity index (χ4n) is 6.37. The highest BCUT2D eigenvalue weighted by molar-refractivity contribution is 6.01. The number of halogens is 1. The second kappa shape index (κ2) is 12.8. The molecule has 1 aliphatic carbocycles. The van der Waals surface area contributed by atoms with Gasteiger partial charge in [0.15, 0.2) is 5.78 Å². The van der Waals surface area contributed by atoms with Crippen molar-refractivity contribution in [2.24, 2.45) is 5.92 Å². The summed E-state index contributed by atoms with van der Waals surface area (Å²) < 4.78 is 34.1. The number of benzene rings is 2. The third-order valence-electron chi connectivity index (χ3n) is 9.33. The molecule has 4 heterocycles. The Labute approximate surface area is 266 Å². The Bertz CT molecular complexity index is 1770. The highest BCUT2D eigenvalue weighted by Crippen LogP contribution is 2.36. The Kier molecular flexibility index (Phi) is 8.44. The highest BCUT2D eigenvalue weighted by atomic mass is 19.1. The maximum absolute atomic E-state index is 14.9. The van der Waals surface area contributed by atoms with Gasteiger partial charge in [-0.25, -0.2) is 19.2 Å². The fourth-order valence-corrected chi connectivity index (χ4v) is 6.37. The van der Waals surface area contributed by atoms with Gasteiger partial charge in [0.1, 0.15) is 24.0 Å². The third kappa shape index (κ3) is 6.34. The molecule has 1 saturated carbocycles. The molecule has 2 saturated heterocycles. The number of aromatic carboxylic acids is 1. The fraction of sp³-hybridized carbons (Fsp3) is 0.429. The van der Waals surface area contributed by atoms with Gasteiger partial charge in [0.2, 0.25) is 5.88 Å². The van der Waals surface area contributed by atoms with E-state index in [1.54, 1.807) is 30.3 Å². The smallest absolute Gasteiger partial charge is 0.335 e. The molecule has 0 bridgehead atoms. The molecule has 0 radical (unpaired) electrons. The summed E-state index contributed by atoms with van der Waals surface area (Å²) in [6, 6.07) is 13.6. The largest absolute Gasteiger partial charge is 0.496 e. The normalized spacial score (nSPS) is 18.8. The summed E-state index contributed by atoms with van der Waals surface area (Å²) in [5.74, 6) is 0.400. The Morgan fingerprint density at radius 2 is 1.85 bits per heavy atom. The Morgan fingerprint density at radius 1 is 1.04 bits per heavy atom. The van der Waals surface area contributed by atoms with Crippen molar-refractivity contribution in [2.75, 3.05) is 26.8 Å². The van der Waals surface area contributed by atoms with Gasteiger partial charge < -0.3 is 23.9 Å². The number of nitrogens with zero attached hydrogens (tertiary/aromatic N) is 4. The summed E-state index contributed by atoms with van der Waals surface area (Å²) in [7, 11) is 1.48. The molecule has 7 rings (SSSR count). The number of carbonyl (C=O) groups is 2. The molecule has 46 heavy (non-hydrogen) atoms. The number of aromatic nitrogens is 3. The van der Waals surface area contributed by atoms with Crippen LogP contribution in [0.2, 0.25) is 0 Å². The molecule has 3 fully saturated rings. The molecular formula is C35H37FN4O6. The predicted octanol–water partition coefficient (Wildman–Crippen LogP) is 5.62. The molecular weight excluding hydrogens is 591 g/mol. The average molecular weight is 629 g/mol. The summed E-state index contributed by atoms with van der Waals surface area (Å²) in [5, 5.41) is 9.53.